The molecule has 1 heterocycles. The van der Waals surface area contributed by atoms with Gasteiger partial charge in [-0.25, -0.2) is 0 Å². The molecule has 0 aliphatic rings. The van der Waals surface area contributed by atoms with E-state index in [1.54, 1.807) is 17.3 Å². The number of carbonyl (C=O) groups is 2. The van der Waals surface area contributed by atoms with Gasteiger partial charge in [-0.1, -0.05) is 15.9 Å². The number of aromatic nitrogens is 1. The van der Waals surface area contributed by atoms with Gasteiger partial charge in [0.1, 0.15) is 0 Å². The zero-order valence-electron chi connectivity index (χ0n) is 12.8. The molecule has 120 valence electrons. The summed E-state index contributed by atoms with van der Waals surface area (Å²) in [4.78, 5) is 29.3. The molecule has 0 saturated heterocycles. The first kappa shape index (κ1) is 17.1. The Balaban J connectivity index is 1.87. The molecule has 0 radical (unpaired) electrons. The van der Waals surface area contributed by atoms with Crippen molar-refractivity contribution in [3.05, 3.63) is 58.8 Å². The summed E-state index contributed by atoms with van der Waals surface area (Å²) in [5.41, 5.74) is 1.77. The van der Waals surface area contributed by atoms with Crippen molar-refractivity contribution in [3.8, 4) is 0 Å². The molecule has 0 saturated carbocycles. The maximum Gasteiger partial charge on any atom is 0.223 e. The van der Waals surface area contributed by atoms with Crippen molar-refractivity contribution in [2.45, 2.75) is 19.9 Å². The number of amides is 2. The van der Waals surface area contributed by atoms with E-state index in [0.29, 0.717) is 13.1 Å². The van der Waals surface area contributed by atoms with Crippen LogP contribution in [0.4, 0.5) is 5.69 Å². The number of pyridine rings is 1. The minimum Gasteiger partial charge on any atom is -0.352 e. The Hall–Kier alpha value is -2.21. The van der Waals surface area contributed by atoms with Gasteiger partial charge in [-0.15, -0.1) is 0 Å². The number of halogens is 1. The van der Waals surface area contributed by atoms with E-state index in [1.165, 1.54) is 6.92 Å². The van der Waals surface area contributed by atoms with Crippen molar-refractivity contribution in [1.82, 2.24) is 10.3 Å². The molecule has 0 aliphatic carbocycles. The summed E-state index contributed by atoms with van der Waals surface area (Å²) in [6, 6.07) is 11.1. The molecule has 23 heavy (non-hydrogen) atoms. The third-order valence-electron chi connectivity index (χ3n) is 3.32. The van der Waals surface area contributed by atoms with E-state index in [4.69, 9.17) is 0 Å². The highest BCUT2D eigenvalue weighted by molar-refractivity contribution is 9.10. The third-order valence-corrected chi connectivity index (χ3v) is 3.85. The lowest BCUT2D eigenvalue weighted by Gasteiger charge is -2.21. The number of nitrogens with one attached hydrogen (secondary N) is 1. The summed E-state index contributed by atoms with van der Waals surface area (Å²) >= 11 is 3.36. The molecule has 0 fully saturated rings. The van der Waals surface area contributed by atoms with E-state index in [-0.39, 0.29) is 18.2 Å². The van der Waals surface area contributed by atoms with Gasteiger partial charge in [0.15, 0.2) is 0 Å². The maximum atomic E-state index is 12.0. The largest absolute Gasteiger partial charge is 0.352 e. The molecule has 2 rings (SSSR count). The maximum absolute atomic E-state index is 12.0. The molecule has 0 atom stereocenters. The van der Waals surface area contributed by atoms with Crippen molar-refractivity contribution in [1.29, 1.82) is 0 Å². The van der Waals surface area contributed by atoms with Crippen LogP contribution in [-0.2, 0) is 16.1 Å². The highest BCUT2D eigenvalue weighted by Gasteiger charge is 2.13. The van der Waals surface area contributed by atoms with Crippen LogP contribution in [0.1, 0.15) is 18.9 Å². The van der Waals surface area contributed by atoms with Crippen molar-refractivity contribution in [3.63, 3.8) is 0 Å². The van der Waals surface area contributed by atoms with Crippen molar-refractivity contribution in [2.75, 3.05) is 11.4 Å². The number of anilines is 1. The second kappa shape index (κ2) is 8.43. The zero-order valence-corrected chi connectivity index (χ0v) is 14.4. The first-order valence-corrected chi connectivity index (χ1v) is 8.05. The summed E-state index contributed by atoms with van der Waals surface area (Å²) in [7, 11) is 0. The van der Waals surface area contributed by atoms with E-state index in [1.807, 2.05) is 36.4 Å². The molecule has 2 amide bonds. The van der Waals surface area contributed by atoms with Crippen LogP contribution in [0.15, 0.2) is 53.3 Å². The van der Waals surface area contributed by atoms with Crippen LogP contribution >= 0.6 is 15.9 Å². The van der Waals surface area contributed by atoms with Crippen molar-refractivity contribution in [2.24, 2.45) is 0 Å². The first-order valence-electron chi connectivity index (χ1n) is 7.25. The predicted molar refractivity (Wildman–Crippen MR) is 92.9 cm³/mol. The van der Waals surface area contributed by atoms with Crippen LogP contribution in [0.5, 0.6) is 0 Å². The SMILES string of the molecule is CC(=O)N(CCC(=O)NCc1ccncc1)c1ccc(Br)cc1. The number of nitrogens with zero attached hydrogens (tertiary/aromatic N) is 2. The highest BCUT2D eigenvalue weighted by atomic mass is 79.9. The van der Waals surface area contributed by atoms with Crippen LogP contribution in [0.25, 0.3) is 0 Å². The fourth-order valence-corrected chi connectivity index (χ4v) is 2.36. The summed E-state index contributed by atoms with van der Waals surface area (Å²) in [5.74, 6) is -0.181. The summed E-state index contributed by atoms with van der Waals surface area (Å²) in [5, 5.41) is 2.84. The first-order chi connectivity index (χ1) is 11.1. The quantitative estimate of drug-likeness (QED) is 0.843. The van der Waals surface area contributed by atoms with Crippen molar-refractivity contribution < 1.29 is 9.59 Å². The molecule has 0 spiro atoms. The van der Waals surface area contributed by atoms with Gasteiger partial charge < -0.3 is 10.2 Å². The van der Waals surface area contributed by atoms with Gasteiger partial charge in [0, 0.05) is 49.0 Å². The van der Waals surface area contributed by atoms with Gasteiger partial charge in [-0.2, -0.15) is 0 Å². The van der Waals surface area contributed by atoms with Crippen molar-refractivity contribution >= 4 is 33.4 Å². The number of hydrogen-bond acceptors (Lipinski definition) is 3. The fourth-order valence-electron chi connectivity index (χ4n) is 2.09. The number of benzene rings is 1. The molecule has 0 bridgehead atoms. The minimum atomic E-state index is -0.0924. The molecule has 0 unspecified atom stereocenters. The summed E-state index contributed by atoms with van der Waals surface area (Å²) < 4.78 is 0.944. The lowest BCUT2D eigenvalue weighted by atomic mass is 10.2. The average Bonchev–Trinajstić information content (AvgIpc) is 2.55. The molecule has 1 aromatic heterocycles. The van der Waals surface area contributed by atoms with E-state index in [9.17, 15) is 9.59 Å². The van der Waals surface area contributed by atoms with Gasteiger partial charge in [-0.3, -0.25) is 14.6 Å². The molecule has 5 nitrogen and oxygen atoms in total. The topological polar surface area (TPSA) is 62.3 Å². The van der Waals surface area contributed by atoms with Gasteiger partial charge in [0.2, 0.25) is 11.8 Å². The van der Waals surface area contributed by atoms with E-state index < -0.39 is 0 Å². The van der Waals surface area contributed by atoms with Crippen LogP contribution in [-0.4, -0.2) is 23.3 Å². The Morgan fingerprint density at radius 1 is 1.13 bits per heavy atom. The summed E-state index contributed by atoms with van der Waals surface area (Å²) in [6.07, 6.45) is 3.62. The Kier molecular flexibility index (Phi) is 6.29. The average molecular weight is 376 g/mol. The van der Waals surface area contributed by atoms with Crippen LogP contribution in [0.3, 0.4) is 0 Å². The normalized spacial score (nSPS) is 10.2. The van der Waals surface area contributed by atoms with E-state index in [2.05, 4.69) is 26.2 Å². The van der Waals surface area contributed by atoms with E-state index in [0.717, 1.165) is 15.7 Å². The minimum absolute atomic E-state index is 0.0887. The smallest absolute Gasteiger partial charge is 0.223 e. The molecule has 2 aromatic rings. The standard InChI is InChI=1S/C17H18BrN3O2/c1-13(22)21(16-4-2-15(18)3-5-16)11-8-17(23)20-12-14-6-9-19-10-7-14/h2-7,9-10H,8,11-12H2,1H3,(H,20,23). The Bertz CT molecular complexity index is 659. The number of carbonyl (C=O) groups excluding carboxylic acids is 2. The fraction of sp³-hybridized carbons (Fsp3) is 0.235. The highest BCUT2D eigenvalue weighted by Crippen LogP contribution is 2.18. The summed E-state index contributed by atoms with van der Waals surface area (Å²) in [6.45, 7) is 2.30. The lowest BCUT2D eigenvalue weighted by molar-refractivity contribution is -0.121. The van der Waals surface area contributed by atoms with E-state index >= 15 is 0 Å². The van der Waals surface area contributed by atoms with Gasteiger partial charge in [-0.05, 0) is 42.0 Å². The van der Waals surface area contributed by atoms with Gasteiger partial charge in [0.25, 0.3) is 0 Å². The third kappa shape index (κ3) is 5.49. The Morgan fingerprint density at radius 3 is 2.39 bits per heavy atom. The molecule has 1 N–H and O–H groups in total. The van der Waals surface area contributed by atoms with Gasteiger partial charge >= 0.3 is 0 Å². The predicted octanol–water partition coefficient (Wildman–Crippen LogP) is 2.90. The van der Waals surface area contributed by atoms with Crippen LogP contribution in [0.2, 0.25) is 0 Å². The van der Waals surface area contributed by atoms with Gasteiger partial charge in [0.05, 0.1) is 0 Å². The lowest BCUT2D eigenvalue weighted by Crippen LogP contribution is -2.33. The van der Waals surface area contributed by atoms with Crippen LogP contribution in [0, 0.1) is 0 Å². The Morgan fingerprint density at radius 2 is 1.78 bits per heavy atom. The number of hydrogen-bond donors (Lipinski definition) is 1. The molecular formula is C17H18BrN3O2. The number of rotatable bonds is 6. The molecule has 1 aromatic carbocycles. The molecular weight excluding hydrogens is 358 g/mol. The second-order valence-electron chi connectivity index (χ2n) is 5.03. The molecule has 6 heteroatoms. The zero-order chi connectivity index (χ0) is 16.7. The molecule has 0 aliphatic heterocycles. The second-order valence-corrected chi connectivity index (χ2v) is 5.94. The van der Waals surface area contributed by atoms with Crippen LogP contribution < -0.4 is 10.2 Å². The Labute approximate surface area is 143 Å². The monoisotopic (exact) mass is 375 g/mol.